The van der Waals surface area contributed by atoms with Crippen molar-refractivity contribution >= 4 is 17.2 Å². The van der Waals surface area contributed by atoms with Crippen LogP contribution < -0.4 is 9.64 Å². The average Bonchev–Trinajstić information content (AvgIpc) is 3.47. The van der Waals surface area contributed by atoms with E-state index in [1.54, 1.807) is 20.8 Å². The van der Waals surface area contributed by atoms with Crippen LogP contribution in [0.15, 0.2) is 54.7 Å². The van der Waals surface area contributed by atoms with Crippen LogP contribution >= 0.6 is 0 Å². The van der Waals surface area contributed by atoms with Crippen molar-refractivity contribution in [2.24, 2.45) is 0 Å². The number of carboxylic acid groups (broad SMARTS) is 1. The molecule has 0 amide bonds. The minimum Gasteiger partial charge on any atom is -0.493 e. The third-order valence-corrected chi connectivity index (χ3v) is 8.87. The molecule has 0 radical (unpaired) electrons. The van der Waals surface area contributed by atoms with Crippen molar-refractivity contribution in [2.45, 2.75) is 112 Å². The number of hydrogen-bond acceptors (Lipinski definition) is 6. The van der Waals surface area contributed by atoms with E-state index in [-0.39, 0.29) is 12.0 Å². The van der Waals surface area contributed by atoms with Crippen LogP contribution in [0.5, 0.6) is 5.75 Å². The van der Waals surface area contributed by atoms with Crippen LogP contribution in [0, 0.1) is 13.8 Å². The first-order valence-corrected chi connectivity index (χ1v) is 18.0. The molecule has 2 aromatic heterocycles. The minimum absolute atomic E-state index is 0.0198. The third kappa shape index (κ3) is 10.3. The molecule has 3 aliphatic rings. The van der Waals surface area contributed by atoms with Crippen molar-refractivity contribution in [3.05, 3.63) is 71.4 Å². The molecule has 266 valence electrons. The number of ether oxygens (including phenoxy) is 2. The van der Waals surface area contributed by atoms with Crippen LogP contribution in [0.1, 0.15) is 96.8 Å². The first kappa shape index (κ1) is 37.9. The zero-order valence-corrected chi connectivity index (χ0v) is 30.9. The van der Waals surface area contributed by atoms with Gasteiger partial charge in [0.05, 0.1) is 41.1 Å². The molecule has 1 fully saturated rings. The maximum Gasteiger partial charge on any atom is 0.307 e. The fourth-order valence-corrected chi connectivity index (χ4v) is 6.39. The SMILES string of the molecule is CC.CC(C)(C)O.Cc1ccc2c(c1)-c1cccc(c1)-c1cc3c(c(CC(=O)O)c(C)cn3n1)N1CCC(C)(CC1)OCCCCCCO2. The molecule has 4 aromatic rings. The molecule has 8 heteroatoms. The first-order chi connectivity index (χ1) is 23.3. The zero-order chi connectivity index (χ0) is 35.8. The van der Waals surface area contributed by atoms with Gasteiger partial charge in [-0.15, -0.1) is 0 Å². The number of pyridine rings is 1. The van der Waals surface area contributed by atoms with E-state index in [2.05, 4.69) is 67.3 Å². The number of aryl methyl sites for hydroxylation is 2. The summed E-state index contributed by atoms with van der Waals surface area (Å²) in [5, 5.41) is 23.4. The van der Waals surface area contributed by atoms with Crippen molar-refractivity contribution in [3.8, 4) is 28.1 Å². The Morgan fingerprint density at radius 2 is 1.59 bits per heavy atom. The zero-order valence-electron chi connectivity index (χ0n) is 30.9. The fourth-order valence-electron chi connectivity index (χ4n) is 6.39. The summed E-state index contributed by atoms with van der Waals surface area (Å²) in [4.78, 5) is 14.3. The number of carboxylic acids is 1. The molecule has 3 aliphatic heterocycles. The van der Waals surface area contributed by atoms with Gasteiger partial charge < -0.3 is 24.6 Å². The fraction of sp³-hybridized carbons (Fsp3) is 0.512. The summed E-state index contributed by atoms with van der Waals surface area (Å²) in [6, 6.07) is 17.0. The lowest BCUT2D eigenvalue weighted by Crippen LogP contribution is -2.45. The summed E-state index contributed by atoms with van der Waals surface area (Å²) in [7, 11) is 0. The summed E-state index contributed by atoms with van der Waals surface area (Å²) in [6.45, 7) is 18.6. The monoisotopic (exact) mass is 671 g/mol. The van der Waals surface area contributed by atoms with Gasteiger partial charge >= 0.3 is 5.97 Å². The van der Waals surface area contributed by atoms with E-state index in [1.807, 2.05) is 31.5 Å². The van der Waals surface area contributed by atoms with E-state index in [0.29, 0.717) is 6.61 Å². The molecule has 0 aliphatic carbocycles. The molecule has 0 atom stereocenters. The number of aliphatic hydroxyl groups is 1. The van der Waals surface area contributed by atoms with E-state index in [9.17, 15) is 9.90 Å². The number of aliphatic carboxylic acids is 1. The van der Waals surface area contributed by atoms with Crippen molar-refractivity contribution in [1.29, 1.82) is 0 Å². The second-order valence-corrected chi connectivity index (χ2v) is 14.4. The molecule has 7 rings (SSSR count). The number of anilines is 1. The molecule has 49 heavy (non-hydrogen) atoms. The first-order valence-electron chi connectivity index (χ1n) is 18.0. The Balaban J connectivity index is 0.000000710. The number of rotatable bonds is 2. The highest BCUT2D eigenvalue weighted by molar-refractivity contribution is 5.86. The summed E-state index contributed by atoms with van der Waals surface area (Å²) in [5.41, 5.74) is 8.27. The number of fused-ring (bicyclic) bond motifs is 9. The predicted molar refractivity (Wildman–Crippen MR) is 200 cm³/mol. The second kappa shape index (κ2) is 16.7. The van der Waals surface area contributed by atoms with E-state index >= 15 is 0 Å². The van der Waals surface area contributed by atoms with Gasteiger partial charge in [0, 0.05) is 37.0 Å². The van der Waals surface area contributed by atoms with Crippen LogP contribution in [0.2, 0.25) is 0 Å². The quantitative estimate of drug-likeness (QED) is 0.220. The molecule has 0 unspecified atom stereocenters. The van der Waals surface area contributed by atoms with E-state index < -0.39 is 11.6 Å². The highest BCUT2D eigenvalue weighted by atomic mass is 16.5. The molecule has 2 aromatic carbocycles. The van der Waals surface area contributed by atoms with Gasteiger partial charge in [-0.3, -0.25) is 4.79 Å². The number of nitrogens with zero attached hydrogens (tertiary/aromatic N) is 3. The Labute approximate surface area is 293 Å². The van der Waals surface area contributed by atoms with E-state index in [1.165, 1.54) is 5.56 Å². The molecular formula is C41H57N3O5. The van der Waals surface area contributed by atoms with Crippen LogP contribution in [0.4, 0.5) is 5.69 Å². The largest absolute Gasteiger partial charge is 0.493 e. The van der Waals surface area contributed by atoms with Gasteiger partial charge in [-0.05, 0) is 115 Å². The second-order valence-electron chi connectivity index (χ2n) is 14.4. The summed E-state index contributed by atoms with van der Waals surface area (Å²) < 4.78 is 14.7. The van der Waals surface area contributed by atoms with Crippen LogP contribution in [-0.2, 0) is 16.0 Å². The Bertz CT molecular complexity index is 1690. The van der Waals surface area contributed by atoms with Gasteiger partial charge in [-0.2, -0.15) is 5.10 Å². The lowest BCUT2D eigenvalue weighted by molar-refractivity contribution is -0.136. The van der Waals surface area contributed by atoms with Crippen LogP contribution in [0.3, 0.4) is 0 Å². The van der Waals surface area contributed by atoms with E-state index in [4.69, 9.17) is 19.7 Å². The molecule has 0 spiro atoms. The third-order valence-electron chi connectivity index (χ3n) is 8.87. The average molecular weight is 672 g/mol. The normalized spacial score (nSPS) is 16.3. The molecule has 0 saturated carbocycles. The Morgan fingerprint density at radius 3 is 2.27 bits per heavy atom. The minimum atomic E-state index is -0.824. The molecular weight excluding hydrogens is 614 g/mol. The highest BCUT2D eigenvalue weighted by Crippen LogP contribution is 2.38. The number of piperidine rings is 1. The smallest absolute Gasteiger partial charge is 0.307 e. The van der Waals surface area contributed by atoms with Crippen molar-refractivity contribution in [3.63, 3.8) is 0 Å². The molecule has 5 heterocycles. The van der Waals surface area contributed by atoms with E-state index in [0.717, 1.165) is 109 Å². The molecule has 1 saturated heterocycles. The Morgan fingerprint density at radius 1 is 0.939 bits per heavy atom. The van der Waals surface area contributed by atoms with Gasteiger partial charge in [0.1, 0.15) is 5.75 Å². The Hall–Kier alpha value is -3.88. The van der Waals surface area contributed by atoms with Crippen molar-refractivity contribution in [1.82, 2.24) is 9.61 Å². The molecule has 6 bridgehead atoms. The summed E-state index contributed by atoms with van der Waals surface area (Å²) >= 11 is 0. The van der Waals surface area contributed by atoms with Gasteiger partial charge in [-0.25, -0.2) is 4.52 Å². The highest BCUT2D eigenvalue weighted by Gasteiger charge is 2.33. The topological polar surface area (TPSA) is 96.5 Å². The van der Waals surface area contributed by atoms with Gasteiger partial charge in [0.15, 0.2) is 0 Å². The lowest BCUT2D eigenvalue weighted by atomic mass is 9.92. The van der Waals surface area contributed by atoms with Crippen molar-refractivity contribution < 1.29 is 24.5 Å². The molecule has 2 N–H and O–H groups in total. The number of carbonyl (C=O) groups is 1. The predicted octanol–water partition coefficient (Wildman–Crippen LogP) is 9.04. The van der Waals surface area contributed by atoms with Crippen LogP contribution in [-0.4, -0.2) is 63.3 Å². The number of aromatic nitrogens is 2. The summed E-state index contributed by atoms with van der Waals surface area (Å²) in [5.74, 6) is 0.0744. The number of benzene rings is 2. The number of hydrogen-bond donors (Lipinski definition) is 2. The summed E-state index contributed by atoms with van der Waals surface area (Å²) in [6.07, 6.45) is 8.03. The molecule has 8 nitrogen and oxygen atoms in total. The van der Waals surface area contributed by atoms with Gasteiger partial charge in [0.2, 0.25) is 0 Å². The standard InChI is InChI=1S/C35H41N3O4.C4H10O.C2H6/c1-24-11-12-32-29(19-24)26-9-8-10-27(20-26)30-22-31-34(28(21-33(39)40)25(2)23-38(31)36-30)37-15-13-35(3,14-16-37)42-18-7-5-4-6-17-41-32;1-4(2,3)5;1-2/h8-12,19-20,22-23H,4-7,13-18,21H2,1-3H3,(H,39,40);5H,1-3H3;1-2H3. The lowest BCUT2D eigenvalue weighted by Gasteiger charge is -2.41. The maximum atomic E-state index is 12.0. The maximum absolute atomic E-state index is 12.0. The van der Waals surface area contributed by atoms with Crippen molar-refractivity contribution in [2.75, 3.05) is 31.2 Å². The Kier molecular flexibility index (Phi) is 12.9. The van der Waals surface area contributed by atoms with Gasteiger partial charge in [0.25, 0.3) is 0 Å². The van der Waals surface area contributed by atoms with Gasteiger partial charge in [-0.1, -0.05) is 50.1 Å². The van der Waals surface area contributed by atoms with Crippen LogP contribution in [0.25, 0.3) is 27.9 Å².